The first-order valence-electron chi connectivity index (χ1n) is 7.61. The lowest BCUT2D eigenvalue weighted by molar-refractivity contribution is 0.102. The molecule has 2 rings (SSSR count). The first-order valence-corrected chi connectivity index (χ1v) is 8.76. The number of thioether (sulfide) groups is 1. The molecule has 1 fully saturated rings. The predicted octanol–water partition coefficient (Wildman–Crippen LogP) is 5.13. The average molecular weight is 288 g/mol. The van der Waals surface area contributed by atoms with Gasteiger partial charge in [0.2, 0.25) is 0 Å². The molecule has 2 heteroatoms. The maximum Gasteiger partial charge on any atom is 0.188 e. The minimum absolute atomic E-state index is 0.237. The molecule has 0 N–H and O–H groups in total. The lowest BCUT2D eigenvalue weighted by atomic mass is 9.87. The minimum Gasteiger partial charge on any atom is -0.289 e. The second kappa shape index (κ2) is 7.68. The van der Waals surface area contributed by atoms with Crippen LogP contribution in [0.4, 0.5) is 0 Å². The highest BCUT2D eigenvalue weighted by Crippen LogP contribution is 2.32. The highest BCUT2D eigenvalue weighted by molar-refractivity contribution is 7.99. The van der Waals surface area contributed by atoms with Crippen LogP contribution in [-0.4, -0.2) is 17.3 Å². The van der Waals surface area contributed by atoms with Crippen LogP contribution in [0.3, 0.4) is 0 Å². The van der Waals surface area contributed by atoms with Gasteiger partial charge in [0.1, 0.15) is 0 Å². The lowest BCUT2D eigenvalue weighted by Gasteiger charge is -2.24. The molecular formula is C18H24OS. The van der Waals surface area contributed by atoms with E-state index in [1.807, 2.05) is 42.1 Å². The molecule has 1 heterocycles. The molecule has 1 aromatic carbocycles. The molecule has 1 aliphatic rings. The van der Waals surface area contributed by atoms with Crippen molar-refractivity contribution in [1.82, 2.24) is 0 Å². The van der Waals surface area contributed by atoms with Crippen LogP contribution in [-0.2, 0) is 0 Å². The Labute approximate surface area is 126 Å². The number of benzene rings is 1. The summed E-state index contributed by atoms with van der Waals surface area (Å²) in [6.07, 6.45) is 4.46. The van der Waals surface area contributed by atoms with Gasteiger partial charge >= 0.3 is 0 Å². The van der Waals surface area contributed by atoms with Crippen molar-refractivity contribution in [2.75, 3.05) is 11.5 Å². The van der Waals surface area contributed by atoms with Crippen LogP contribution in [0, 0.1) is 5.92 Å². The van der Waals surface area contributed by atoms with Gasteiger partial charge in [0.15, 0.2) is 5.78 Å². The van der Waals surface area contributed by atoms with E-state index >= 15 is 0 Å². The van der Waals surface area contributed by atoms with Crippen molar-refractivity contribution in [3.05, 3.63) is 47.0 Å². The van der Waals surface area contributed by atoms with Crippen LogP contribution in [0.1, 0.15) is 49.9 Å². The first kappa shape index (κ1) is 15.4. The van der Waals surface area contributed by atoms with Crippen molar-refractivity contribution in [1.29, 1.82) is 0 Å². The molecule has 0 bridgehead atoms. The second-order valence-electron chi connectivity index (χ2n) is 5.52. The van der Waals surface area contributed by atoms with Gasteiger partial charge in [-0.25, -0.2) is 0 Å². The van der Waals surface area contributed by atoms with Crippen LogP contribution >= 0.6 is 11.8 Å². The normalized spacial score (nSPS) is 20.4. The standard InChI is InChI=1S/C18H24OS/c1-3-8-17(14(2)16-11-7-12-20-13-16)18(19)15-9-5-4-6-10-15/h4-6,9-10,16H,3,7-8,11-13H2,1-2H3/b17-14+. The number of carbonyl (C=O) groups excluding carboxylic acids is 1. The highest BCUT2D eigenvalue weighted by Gasteiger charge is 2.21. The van der Waals surface area contributed by atoms with Crippen molar-refractivity contribution >= 4 is 17.5 Å². The largest absolute Gasteiger partial charge is 0.289 e. The average Bonchev–Trinajstić information content (AvgIpc) is 2.53. The second-order valence-corrected chi connectivity index (χ2v) is 6.67. The summed E-state index contributed by atoms with van der Waals surface area (Å²) in [6, 6.07) is 9.72. The first-order chi connectivity index (χ1) is 9.74. The summed E-state index contributed by atoms with van der Waals surface area (Å²) in [6.45, 7) is 4.34. The Morgan fingerprint density at radius 2 is 2.05 bits per heavy atom. The molecule has 0 aromatic heterocycles. The summed E-state index contributed by atoms with van der Waals surface area (Å²) in [5, 5.41) is 0. The molecule has 0 amide bonds. The SMILES string of the molecule is CCC/C(C(=O)c1ccccc1)=C(/C)C1CCCSC1. The van der Waals surface area contributed by atoms with E-state index in [4.69, 9.17) is 0 Å². The van der Waals surface area contributed by atoms with Gasteiger partial charge in [0.25, 0.3) is 0 Å². The van der Waals surface area contributed by atoms with E-state index in [0.717, 1.165) is 24.0 Å². The minimum atomic E-state index is 0.237. The van der Waals surface area contributed by atoms with Gasteiger partial charge in [-0.2, -0.15) is 11.8 Å². The lowest BCUT2D eigenvalue weighted by Crippen LogP contribution is -2.16. The zero-order chi connectivity index (χ0) is 14.4. The molecule has 1 atom stereocenters. The third kappa shape index (κ3) is 3.76. The van der Waals surface area contributed by atoms with Gasteiger partial charge < -0.3 is 0 Å². The molecule has 0 radical (unpaired) electrons. The topological polar surface area (TPSA) is 17.1 Å². The Bertz CT molecular complexity index is 469. The molecule has 0 saturated carbocycles. The third-order valence-corrected chi connectivity index (χ3v) is 5.27. The number of hydrogen-bond acceptors (Lipinski definition) is 2. The fraction of sp³-hybridized carbons (Fsp3) is 0.500. The molecule has 1 unspecified atom stereocenters. The molecule has 1 nitrogen and oxygen atoms in total. The molecule has 1 aromatic rings. The zero-order valence-corrected chi connectivity index (χ0v) is 13.3. The van der Waals surface area contributed by atoms with Gasteiger partial charge in [-0.1, -0.05) is 49.2 Å². The van der Waals surface area contributed by atoms with E-state index < -0.39 is 0 Å². The molecule has 0 spiro atoms. The molecular weight excluding hydrogens is 264 g/mol. The number of hydrogen-bond donors (Lipinski definition) is 0. The Kier molecular flexibility index (Phi) is 5.90. The van der Waals surface area contributed by atoms with Gasteiger partial charge in [-0.05, 0) is 49.2 Å². The molecule has 108 valence electrons. The van der Waals surface area contributed by atoms with Crippen molar-refractivity contribution in [3.8, 4) is 0 Å². The number of Topliss-reactive ketones (excluding diaryl/α,β-unsaturated/α-hetero) is 1. The summed E-state index contributed by atoms with van der Waals surface area (Å²) in [7, 11) is 0. The number of ketones is 1. The van der Waals surface area contributed by atoms with Crippen LogP contribution in [0.5, 0.6) is 0 Å². The monoisotopic (exact) mass is 288 g/mol. The van der Waals surface area contributed by atoms with Crippen molar-refractivity contribution < 1.29 is 4.79 Å². The maximum absolute atomic E-state index is 12.8. The number of rotatable bonds is 5. The van der Waals surface area contributed by atoms with Crippen molar-refractivity contribution in [2.45, 2.75) is 39.5 Å². The van der Waals surface area contributed by atoms with Gasteiger partial charge in [-0.3, -0.25) is 4.79 Å². The molecule has 20 heavy (non-hydrogen) atoms. The van der Waals surface area contributed by atoms with E-state index in [1.54, 1.807) is 0 Å². The van der Waals surface area contributed by atoms with Gasteiger partial charge in [0, 0.05) is 5.56 Å². The Morgan fingerprint density at radius 1 is 1.30 bits per heavy atom. The molecule has 1 saturated heterocycles. The fourth-order valence-electron chi connectivity index (χ4n) is 2.83. The maximum atomic E-state index is 12.8. The van der Waals surface area contributed by atoms with Crippen LogP contribution in [0.15, 0.2) is 41.5 Å². The molecule has 1 aliphatic heterocycles. The van der Waals surface area contributed by atoms with E-state index in [-0.39, 0.29) is 5.78 Å². The Hall–Kier alpha value is -1.02. The van der Waals surface area contributed by atoms with E-state index in [9.17, 15) is 4.79 Å². The van der Waals surface area contributed by atoms with Gasteiger partial charge in [-0.15, -0.1) is 0 Å². The van der Waals surface area contributed by atoms with Crippen molar-refractivity contribution in [3.63, 3.8) is 0 Å². The summed E-state index contributed by atoms with van der Waals surface area (Å²) in [5.41, 5.74) is 3.23. The van der Waals surface area contributed by atoms with Crippen LogP contribution < -0.4 is 0 Å². The third-order valence-electron chi connectivity index (χ3n) is 4.06. The zero-order valence-electron chi connectivity index (χ0n) is 12.5. The highest BCUT2D eigenvalue weighted by atomic mass is 32.2. The van der Waals surface area contributed by atoms with Crippen molar-refractivity contribution in [2.24, 2.45) is 5.92 Å². The molecule has 0 aliphatic carbocycles. The smallest absolute Gasteiger partial charge is 0.188 e. The van der Waals surface area contributed by atoms with Crippen LogP contribution in [0.2, 0.25) is 0 Å². The summed E-state index contributed by atoms with van der Waals surface area (Å²) >= 11 is 2.03. The Balaban J connectivity index is 2.27. The number of allylic oxidation sites excluding steroid dienone is 2. The van der Waals surface area contributed by atoms with E-state index in [0.29, 0.717) is 5.92 Å². The summed E-state index contributed by atoms with van der Waals surface area (Å²) in [4.78, 5) is 12.8. The Morgan fingerprint density at radius 3 is 2.65 bits per heavy atom. The summed E-state index contributed by atoms with van der Waals surface area (Å²) < 4.78 is 0. The quantitative estimate of drug-likeness (QED) is 0.552. The van der Waals surface area contributed by atoms with Crippen LogP contribution in [0.25, 0.3) is 0 Å². The van der Waals surface area contributed by atoms with E-state index in [1.165, 1.54) is 29.9 Å². The summed E-state index contributed by atoms with van der Waals surface area (Å²) in [5.74, 6) is 3.30. The number of carbonyl (C=O) groups is 1. The van der Waals surface area contributed by atoms with Gasteiger partial charge in [0.05, 0.1) is 0 Å². The fourth-order valence-corrected chi connectivity index (χ4v) is 4.07. The predicted molar refractivity (Wildman–Crippen MR) is 88.4 cm³/mol. The van der Waals surface area contributed by atoms with E-state index in [2.05, 4.69) is 13.8 Å².